The second-order valence-electron chi connectivity index (χ2n) is 3.65. The molecule has 2 N–H and O–H groups in total. The molecule has 0 bridgehead atoms. The molecule has 1 atom stereocenters. The molecule has 0 saturated carbocycles. The van der Waals surface area contributed by atoms with Gasteiger partial charge in [-0.15, -0.1) is 24.8 Å². The number of ether oxygens (including phenoxy) is 1. The van der Waals surface area contributed by atoms with Crippen molar-refractivity contribution in [2.75, 3.05) is 19.8 Å². The highest BCUT2D eigenvalue weighted by Gasteiger charge is 2.20. The van der Waals surface area contributed by atoms with E-state index in [1.807, 2.05) is 12.1 Å². The fourth-order valence-corrected chi connectivity index (χ4v) is 1.55. The SMILES string of the molecule is Cl.Cl.O=C(NCc1ccncc1)C1COCCN1. The third-order valence-electron chi connectivity index (χ3n) is 2.45. The van der Waals surface area contributed by atoms with Gasteiger partial charge in [0.2, 0.25) is 5.91 Å². The van der Waals surface area contributed by atoms with Gasteiger partial charge >= 0.3 is 0 Å². The Bertz CT molecular complexity index is 345. The normalized spacial score (nSPS) is 18.1. The van der Waals surface area contributed by atoms with Crippen LogP contribution in [0.15, 0.2) is 24.5 Å². The van der Waals surface area contributed by atoms with E-state index in [0.29, 0.717) is 19.8 Å². The van der Waals surface area contributed by atoms with Crippen molar-refractivity contribution in [3.05, 3.63) is 30.1 Å². The number of rotatable bonds is 3. The zero-order chi connectivity index (χ0) is 11.2. The summed E-state index contributed by atoms with van der Waals surface area (Å²) in [6.07, 6.45) is 3.42. The highest BCUT2D eigenvalue weighted by Crippen LogP contribution is 1.97. The molecule has 0 aromatic carbocycles. The number of hydrogen-bond donors (Lipinski definition) is 2. The molecule has 1 amide bonds. The third kappa shape index (κ3) is 5.18. The average molecular weight is 294 g/mol. The van der Waals surface area contributed by atoms with Crippen LogP contribution in [0.4, 0.5) is 0 Å². The van der Waals surface area contributed by atoms with Crippen molar-refractivity contribution in [1.29, 1.82) is 0 Å². The summed E-state index contributed by atoms with van der Waals surface area (Å²) in [7, 11) is 0. The molecule has 5 nitrogen and oxygen atoms in total. The van der Waals surface area contributed by atoms with Crippen molar-refractivity contribution in [1.82, 2.24) is 15.6 Å². The number of amides is 1. The molecule has 0 aliphatic carbocycles. The van der Waals surface area contributed by atoms with E-state index in [-0.39, 0.29) is 36.8 Å². The number of halogens is 2. The van der Waals surface area contributed by atoms with Gasteiger partial charge in [-0.1, -0.05) is 0 Å². The summed E-state index contributed by atoms with van der Waals surface area (Å²) in [5.74, 6) is -0.0171. The maximum Gasteiger partial charge on any atom is 0.239 e. The van der Waals surface area contributed by atoms with E-state index in [4.69, 9.17) is 4.74 Å². The van der Waals surface area contributed by atoms with Gasteiger partial charge in [-0.3, -0.25) is 9.78 Å². The Hall–Kier alpha value is -0.880. The summed E-state index contributed by atoms with van der Waals surface area (Å²) in [6.45, 7) is 2.38. The van der Waals surface area contributed by atoms with E-state index in [1.54, 1.807) is 12.4 Å². The molecule has 18 heavy (non-hydrogen) atoms. The molecule has 0 radical (unpaired) electrons. The number of aromatic nitrogens is 1. The molecule has 2 rings (SSSR count). The topological polar surface area (TPSA) is 63.2 Å². The van der Waals surface area contributed by atoms with E-state index in [2.05, 4.69) is 15.6 Å². The molecule has 7 heteroatoms. The molecule has 1 saturated heterocycles. The van der Waals surface area contributed by atoms with Crippen molar-refractivity contribution < 1.29 is 9.53 Å². The molecule has 1 fully saturated rings. The Balaban J connectivity index is 0.00000144. The van der Waals surface area contributed by atoms with Gasteiger partial charge in [-0.25, -0.2) is 0 Å². The second-order valence-corrected chi connectivity index (χ2v) is 3.65. The summed E-state index contributed by atoms with van der Waals surface area (Å²) >= 11 is 0. The van der Waals surface area contributed by atoms with Crippen LogP contribution in [0.5, 0.6) is 0 Å². The van der Waals surface area contributed by atoms with E-state index in [1.165, 1.54) is 0 Å². The number of nitrogens with zero attached hydrogens (tertiary/aromatic N) is 1. The van der Waals surface area contributed by atoms with Crippen LogP contribution >= 0.6 is 24.8 Å². The number of carbonyl (C=O) groups excluding carboxylic acids is 1. The molecule has 1 aliphatic rings. The molecular weight excluding hydrogens is 277 g/mol. The predicted molar refractivity (Wildman–Crippen MR) is 73.2 cm³/mol. The van der Waals surface area contributed by atoms with Crippen LogP contribution in [0.25, 0.3) is 0 Å². The Morgan fingerprint density at radius 3 is 2.78 bits per heavy atom. The summed E-state index contributed by atoms with van der Waals surface area (Å²) in [5.41, 5.74) is 1.04. The molecule has 1 unspecified atom stereocenters. The Labute approximate surface area is 119 Å². The van der Waals surface area contributed by atoms with Crippen molar-refractivity contribution >= 4 is 30.7 Å². The number of nitrogens with one attached hydrogen (secondary N) is 2. The first-order valence-corrected chi connectivity index (χ1v) is 5.34. The highest BCUT2D eigenvalue weighted by molar-refractivity contribution is 5.85. The number of hydrogen-bond acceptors (Lipinski definition) is 4. The molecule has 1 aliphatic heterocycles. The van der Waals surface area contributed by atoms with Crippen LogP contribution in [0.1, 0.15) is 5.56 Å². The lowest BCUT2D eigenvalue weighted by Gasteiger charge is -2.22. The lowest BCUT2D eigenvalue weighted by Crippen LogP contribution is -2.51. The van der Waals surface area contributed by atoms with Crippen LogP contribution in [0, 0.1) is 0 Å². The van der Waals surface area contributed by atoms with Gasteiger partial charge in [0.25, 0.3) is 0 Å². The minimum atomic E-state index is -0.226. The molecule has 2 heterocycles. The van der Waals surface area contributed by atoms with Gasteiger partial charge in [0, 0.05) is 25.5 Å². The minimum absolute atomic E-state index is 0. The van der Waals surface area contributed by atoms with Crippen LogP contribution in [0.3, 0.4) is 0 Å². The van der Waals surface area contributed by atoms with Crippen molar-refractivity contribution in [2.45, 2.75) is 12.6 Å². The van der Waals surface area contributed by atoms with Crippen molar-refractivity contribution in [3.8, 4) is 0 Å². The van der Waals surface area contributed by atoms with Gasteiger partial charge in [0.05, 0.1) is 13.2 Å². The quantitative estimate of drug-likeness (QED) is 0.853. The first-order valence-electron chi connectivity index (χ1n) is 5.34. The molecular formula is C11H17Cl2N3O2. The Kier molecular flexibility index (Phi) is 8.66. The van der Waals surface area contributed by atoms with E-state index in [0.717, 1.165) is 12.1 Å². The number of morpholine rings is 1. The van der Waals surface area contributed by atoms with Crippen LogP contribution in [-0.2, 0) is 16.1 Å². The third-order valence-corrected chi connectivity index (χ3v) is 2.45. The van der Waals surface area contributed by atoms with Gasteiger partial charge < -0.3 is 15.4 Å². The molecule has 1 aromatic heterocycles. The maximum atomic E-state index is 11.7. The fourth-order valence-electron chi connectivity index (χ4n) is 1.55. The predicted octanol–water partition coefficient (Wildman–Crippen LogP) is 0.530. The van der Waals surface area contributed by atoms with Crippen LogP contribution < -0.4 is 10.6 Å². The smallest absolute Gasteiger partial charge is 0.239 e. The Morgan fingerprint density at radius 2 is 2.17 bits per heavy atom. The molecule has 102 valence electrons. The van der Waals surface area contributed by atoms with Crippen LogP contribution in [0.2, 0.25) is 0 Å². The zero-order valence-electron chi connectivity index (χ0n) is 9.80. The van der Waals surface area contributed by atoms with Gasteiger partial charge in [-0.2, -0.15) is 0 Å². The number of pyridine rings is 1. The summed E-state index contributed by atoms with van der Waals surface area (Å²) < 4.78 is 5.22. The fraction of sp³-hybridized carbons (Fsp3) is 0.455. The van der Waals surface area contributed by atoms with E-state index < -0.39 is 0 Å². The first-order chi connectivity index (χ1) is 7.86. The van der Waals surface area contributed by atoms with Gasteiger partial charge in [0.1, 0.15) is 6.04 Å². The van der Waals surface area contributed by atoms with Crippen molar-refractivity contribution in [2.24, 2.45) is 0 Å². The summed E-state index contributed by atoms with van der Waals surface area (Å²) in [4.78, 5) is 15.6. The second kappa shape index (κ2) is 9.10. The van der Waals surface area contributed by atoms with Crippen LogP contribution in [-0.4, -0.2) is 36.7 Å². The molecule has 0 spiro atoms. The Morgan fingerprint density at radius 1 is 1.44 bits per heavy atom. The first kappa shape index (κ1) is 17.1. The molecule has 1 aromatic rings. The highest BCUT2D eigenvalue weighted by atomic mass is 35.5. The number of carbonyl (C=O) groups is 1. The minimum Gasteiger partial charge on any atom is -0.378 e. The summed E-state index contributed by atoms with van der Waals surface area (Å²) in [5, 5.41) is 5.97. The monoisotopic (exact) mass is 293 g/mol. The van der Waals surface area contributed by atoms with E-state index >= 15 is 0 Å². The average Bonchev–Trinajstić information content (AvgIpc) is 2.38. The summed E-state index contributed by atoms with van der Waals surface area (Å²) in [6, 6.07) is 3.53. The lowest BCUT2D eigenvalue weighted by atomic mass is 10.2. The largest absolute Gasteiger partial charge is 0.378 e. The lowest BCUT2D eigenvalue weighted by molar-refractivity contribution is -0.126. The standard InChI is InChI=1S/C11H15N3O2.2ClH/c15-11(10-8-16-6-5-13-10)14-7-9-1-3-12-4-2-9;;/h1-4,10,13H,5-8H2,(H,14,15);2*1H. The maximum absolute atomic E-state index is 11.7. The zero-order valence-corrected chi connectivity index (χ0v) is 11.4. The van der Waals surface area contributed by atoms with E-state index in [9.17, 15) is 4.79 Å². The van der Waals surface area contributed by atoms with Crippen molar-refractivity contribution in [3.63, 3.8) is 0 Å². The van der Waals surface area contributed by atoms with Gasteiger partial charge in [0.15, 0.2) is 0 Å². The van der Waals surface area contributed by atoms with Gasteiger partial charge in [-0.05, 0) is 17.7 Å².